The van der Waals surface area contributed by atoms with E-state index in [1.807, 2.05) is 26.8 Å². The first kappa shape index (κ1) is 17.0. The molecule has 1 aliphatic rings. The first-order valence-electron chi connectivity index (χ1n) is 7.53. The lowest BCUT2D eigenvalue weighted by Crippen LogP contribution is -2.45. The maximum absolute atomic E-state index is 12.1. The van der Waals surface area contributed by atoms with Gasteiger partial charge in [0.15, 0.2) is 0 Å². The zero-order chi connectivity index (χ0) is 16.2. The molecule has 1 atom stereocenters. The molecule has 2 rings (SSSR count). The third-order valence-electron chi connectivity index (χ3n) is 3.30. The number of ether oxygens (including phenoxy) is 2. The molecule has 0 aromatic carbocycles. The molecule has 1 aliphatic heterocycles. The van der Waals surface area contributed by atoms with Crippen molar-refractivity contribution < 1.29 is 14.3 Å². The van der Waals surface area contributed by atoms with Crippen molar-refractivity contribution in [2.24, 2.45) is 0 Å². The fraction of sp³-hybridized carbons (Fsp3) is 0.625. The molecule has 1 aromatic heterocycles. The average molecular weight is 327 g/mol. The molecule has 5 nitrogen and oxygen atoms in total. The molecule has 1 unspecified atom stereocenters. The van der Waals surface area contributed by atoms with Crippen LogP contribution in [-0.4, -0.2) is 40.8 Å². The van der Waals surface area contributed by atoms with Crippen molar-refractivity contribution in [2.75, 3.05) is 13.1 Å². The normalized spacial score (nSPS) is 19.1. The molecule has 1 saturated heterocycles. The van der Waals surface area contributed by atoms with Crippen molar-refractivity contribution in [3.8, 4) is 0 Å². The summed E-state index contributed by atoms with van der Waals surface area (Å²) >= 11 is 5.76. The molecule has 1 aromatic rings. The van der Waals surface area contributed by atoms with E-state index in [1.54, 1.807) is 17.2 Å². The van der Waals surface area contributed by atoms with E-state index in [1.165, 1.54) is 0 Å². The highest BCUT2D eigenvalue weighted by Crippen LogP contribution is 2.18. The van der Waals surface area contributed by atoms with Crippen LogP contribution in [0.15, 0.2) is 18.3 Å². The van der Waals surface area contributed by atoms with Gasteiger partial charge in [0.1, 0.15) is 10.8 Å². The third-order valence-corrected chi connectivity index (χ3v) is 3.53. The Kier molecular flexibility index (Phi) is 5.64. The minimum absolute atomic E-state index is 0.0250. The van der Waals surface area contributed by atoms with Gasteiger partial charge in [0.2, 0.25) is 0 Å². The zero-order valence-electron chi connectivity index (χ0n) is 13.3. The molecule has 0 saturated carbocycles. The van der Waals surface area contributed by atoms with Crippen molar-refractivity contribution >= 4 is 17.7 Å². The maximum atomic E-state index is 12.1. The molecule has 1 fully saturated rings. The number of rotatable bonds is 3. The minimum Gasteiger partial charge on any atom is -0.444 e. The predicted octanol–water partition coefficient (Wildman–Crippen LogP) is 3.65. The molecule has 122 valence electrons. The number of carbonyl (C=O) groups excluding carboxylic acids is 1. The monoisotopic (exact) mass is 326 g/mol. The number of carbonyl (C=O) groups is 1. The Morgan fingerprint density at radius 2 is 2.23 bits per heavy atom. The quantitative estimate of drug-likeness (QED) is 0.796. The molecule has 0 aliphatic carbocycles. The molecule has 22 heavy (non-hydrogen) atoms. The van der Waals surface area contributed by atoms with Crippen molar-refractivity contribution in [3.05, 3.63) is 29.0 Å². The number of aromatic nitrogens is 1. The fourth-order valence-electron chi connectivity index (χ4n) is 2.27. The van der Waals surface area contributed by atoms with Gasteiger partial charge in [-0.25, -0.2) is 9.78 Å². The van der Waals surface area contributed by atoms with Crippen LogP contribution < -0.4 is 0 Å². The number of likely N-dealkylation sites (tertiary alicyclic amines) is 1. The Bertz CT molecular complexity index is 499. The van der Waals surface area contributed by atoms with Gasteiger partial charge in [0.05, 0.1) is 19.3 Å². The molecule has 0 N–H and O–H groups in total. The van der Waals surface area contributed by atoms with Gasteiger partial charge < -0.3 is 14.4 Å². The second kappa shape index (κ2) is 7.29. The summed E-state index contributed by atoms with van der Waals surface area (Å²) in [4.78, 5) is 17.8. The summed E-state index contributed by atoms with van der Waals surface area (Å²) < 4.78 is 11.3. The Morgan fingerprint density at radius 3 is 2.86 bits per heavy atom. The van der Waals surface area contributed by atoms with E-state index in [2.05, 4.69) is 4.98 Å². The second-order valence-electron chi connectivity index (χ2n) is 6.49. The number of nitrogens with zero attached hydrogens (tertiary/aromatic N) is 2. The van der Waals surface area contributed by atoms with Crippen LogP contribution in [0.3, 0.4) is 0 Å². The van der Waals surface area contributed by atoms with E-state index in [9.17, 15) is 4.79 Å². The summed E-state index contributed by atoms with van der Waals surface area (Å²) in [5.74, 6) is 0. The molecular formula is C16H23ClN2O3. The number of amides is 1. The lowest BCUT2D eigenvalue weighted by molar-refractivity contribution is -0.0259. The van der Waals surface area contributed by atoms with E-state index in [0.29, 0.717) is 18.3 Å². The van der Waals surface area contributed by atoms with E-state index < -0.39 is 5.60 Å². The van der Waals surface area contributed by atoms with Crippen LogP contribution in [0.4, 0.5) is 4.79 Å². The van der Waals surface area contributed by atoms with Gasteiger partial charge in [-0.3, -0.25) is 0 Å². The van der Waals surface area contributed by atoms with Gasteiger partial charge in [0.25, 0.3) is 0 Å². The SMILES string of the molecule is CC(C)(C)OC(=O)N1CCCC(OCc2ccc(Cl)nc2)C1. The third kappa shape index (κ3) is 5.46. The van der Waals surface area contributed by atoms with Crippen LogP contribution in [0.1, 0.15) is 39.2 Å². The highest BCUT2D eigenvalue weighted by molar-refractivity contribution is 6.29. The van der Waals surface area contributed by atoms with Gasteiger partial charge in [-0.05, 0) is 45.2 Å². The predicted molar refractivity (Wildman–Crippen MR) is 84.9 cm³/mol. The lowest BCUT2D eigenvalue weighted by Gasteiger charge is -2.34. The highest BCUT2D eigenvalue weighted by atomic mass is 35.5. The van der Waals surface area contributed by atoms with Gasteiger partial charge in [-0.1, -0.05) is 17.7 Å². The Balaban J connectivity index is 1.82. The minimum atomic E-state index is -0.472. The van der Waals surface area contributed by atoms with Crippen molar-refractivity contribution in [1.82, 2.24) is 9.88 Å². The number of hydrogen-bond acceptors (Lipinski definition) is 4. The molecular weight excluding hydrogens is 304 g/mol. The molecule has 2 heterocycles. The van der Waals surface area contributed by atoms with Crippen molar-refractivity contribution in [2.45, 2.75) is 51.9 Å². The summed E-state index contributed by atoms with van der Waals surface area (Å²) in [6.07, 6.45) is 3.32. The van der Waals surface area contributed by atoms with Crippen LogP contribution in [0, 0.1) is 0 Å². The summed E-state index contributed by atoms with van der Waals surface area (Å²) in [6.45, 7) is 7.37. The largest absolute Gasteiger partial charge is 0.444 e. The van der Waals surface area contributed by atoms with Gasteiger partial charge in [0, 0.05) is 12.7 Å². The van der Waals surface area contributed by atoms with Gasteiger partial charge in [-0.2, -0.15) is 0 Å². The standard InChI is InChI=1S/C16H23ClN2O3/c1-16(2,3)22-15(20)19-8-4-5-13(10-19)21-11-12-6-7-14(17)18-9-12/h6-7,9,13H,4-5,8,10-11H2,1-3H3. The highest BCUT2D eigenvalue weighted by Gasteiger charge is 2.27. The van der Waals surface area contributed by atoms with Gasteiger partial charge in [-0.15, -0.1) is 0 Å². The number of piperidine rings is 1. The van der Waals surface area contributed by atoms with Crippen LogP contribution in [-0.2, 0) is 16.1 Å². The Hall–Kier alpha value is -1.33. The van der Waals surface area contributed by atoms with Gasteiger partial charge >= 0.3 is 6.09 Å². The van der Waals surface area contributed by atoms with E-state index in [-0.39, 0.29) is 12.2 Å². The van der Waals surface area contributed by atoms with Crippen molar-refractivity contribution in [3.63, 3.8) is 0 Å². The summed E-state index contributed by atoms with van der Waals surface area (Å²) in [5, 5.41) is 0.470. The molecule has 1 amide bonds. The van der Waals surface area contributed by atoms with E-state index in [0.717, 1.165) is 24.9 Å². The van der Waals surface area contributed by atoms with Crippen molar-refractivity contribution in [1.29, 1.82) is 0 Å². The maximum Gasteiger partial charge on any atom is 0.410 e. The molecule has 0 radical (unpaired) electrons. The van der Waals surface area contributed by atoms with Crippen LogP contribution in [0.2, 0.25) is 5.15 Å². The second-order valence-corrected chi connectivity index (χ2v) is 6.88. The first-order valence-corrected chi connectivity index (χ1v) is 7.91. The topological polar surface area (TPSA) is 51.7 Å². The van der Waals surface area contributed by atoms with Crippen LogP contribution >= 0.6 is 11.6 Å². The number of hydrogen-bond donors (Lipinski definition) is 0. The molecule has 0 spiro atoms. The lowest BCUT2D eigenvalue weighted by atomic mass is 10.1. The Morgan fingerprint density at radius 1 is 1.45 bits per heavy atom. The summed E-state index contributed by atoms with van der Waals surface area (Å²) in [5.41, 5.74) is 0.499. The Labute approximate surface area is 136 Å². The van der Waals surface area contributed by atoms with E-state index >= 15 is 0 Å². The van der Waals surface area contributed by atoms with E-state index in [4.69, 9.17) is 21.1 Å². The average Bonchev–Trinajstić information content (AvgIpc) is 2.45. The first-order chi connectivity index (χ1) is 10.3. The summed E-state index contributed by atoms with van der Waals surface area (Å²) in [7, 11) is 0. The fourth-order valence-corrected chi connectivity index (χ4v) is 2.38. The number of pyridine rings is 1. The number of halogens is 1. The zero-order valence-corrected chi connectivity index (χ0v) is 14.1. The smallest absolute Gasteiger partial charge is 0.410 e. The molecule has 6 heteroatoms. The van der Waals surface area contributed by atoms with Crippen LogP contribution in [0.25, 0.3) is 0 Å². The van der Waals surface area contributed by atoms with Crippen LogP contribution in [0.5, 0.6) is 0 Å². The molecule has 0 bridgehead atoms. The summed E-state index contributed by atoms with van der Waals surface area (Å²) in [6, 6.07) is 3.64.